The van der Waals surface area contributed by atoms with Gasteiger partial charge in [-0.3, -0.25) is 4.90 Å². The molecular formula is C14H31N3. The maximum Gasteiger partial charge on any atom is 0.0112 e. The highest BCUT2D eigenvalue weighted by Gasteiger charge is 2.17. The molecule has 1 heterocycles. The van der Waals surface area contributed by atoms with Gasteiger partial charge in [-0.2, -0.15) is 0 Å². The monoisotopic (exact) mass is 241 g/mol. The summed E-state index contributed by atoms with van der Waals surface area (Å²) < 4.78 is 0. The summed E-state index contributed by atoms with van der Waals surface area (Å²) in [5, 5.41) is 3.58. The van der Waals surface area contributed by atoms with Crippen molar-refractivity contribution in [2.24, 2.45) is 0 Å². The lowest BCUT2D eigenvalue weighted by Crippen LogP contribution is -2.41. The molecular weight excluding hydrogens is 210 g/mol. The van der Waals surface area contributed by atoms with E-state index < -0.39 is 0 Å². The summed E-state index contributed by atoms with van der Waals surface area (Å²) in [4.78, 5) is 5.09. The Kier molecular flexibility index (Phi) is 5.90. The lowest BCUT2D eigenvalue weighted by molar-refractivity contribution is 0.201. The average Bonchev–Trinajstić information content (AvgIpc) is 2.41. The molecule has 1 aliphatic heterocycles. The van der Waals surface area contributed by atoms with Crippen molar-refractivity contribution >= 4 is 0 Å². The van der Waals surface area contributed by atoms with Crippen LogP contribution < -0.4 is 5.32 Å². The topological polar surface area (TPSA) is 18.5 Å². The summed E-state index contributed by atoms with van der Waals surface area (Å²) in [6.45, 7) is 15.2. The summed E-state index contributed by atoms with van der Waals surface area (Å²) in [5.74, 6) is 0. The van der Waals surface area contributed by atoms with Crippen molar-refractivity contribution in [1.82, 2.24) is 15.1 Å². The minimum Gasteiger partial charge on any atom is -0.312 e. The molecule has 1 saturated heterocycles. The van der Waals surface area contributed by atoms with Crippen molar-refractivity contribution in [2.75, 3.05) is 39.8 Å². The van der Waals surface area contributed by atoms with Gasteiger partial charge >= 0.3 is 0 Å². The second kappa shape index (κ2) is 6.72. The number of nitrogens with zero attached hydrogens (tertiary/aromatic N) is 2. The molecule has 0 aromatic rings. The third-order valence-corrected chi connectivity index (χ3v) is 3.59. The maximum absolute atomic E-state index is 3.58. The van der Waals surface area contributed by atoms with Crippen molar-refractivity contribution in [3.8, 4) is 0 Å². The van der Waals surface area contributed by atoms with Crippen molar-refractivity contribution in [2.45, 2.75) is 52.1 Å². The largest absolute Gasteiger partial charge is 0.312 e. The molecule has 0 amide bonds. The Balaban J connectivity index is 2.24. The maximum atomic E-state index is 3.58. The third kappa shape index (κ3) is 6.39. The molecule has 1 N–H and O–H groups in total. The molecule has 0 aliphatic carbocycles. The normalized spacial score (nSPS) is 22.4. The van der Waals surface area contributed by atoms with Gasteiger partial charge in [0.05, 0.1) is 0 Å². The molecule has 3 nitrogen and oxygen atoms in total. The van der Waals surface area contributed by atoms with Gasteiger partial charge in [0, 0.05) is 24.7 Å². The van der Waals surface area contributed by atoms with Gasteiger partial charge in [0.2, 0.25) is 0 Å². The first kappa shape index (κ1) is 14.9. The molecule has 3 heteroatoms. The van der Waals surface area contributed by atoms with E-state index >= 15 is 0 Å². The Morgan fingerprint density at radius 2 is 1.82 bits per heavy atom. The molecule has 1 rings (SSSR count). The molecule has 1 unspecified atom stereocenters. The molecule has 1 fully saturated rings. The molecule has 0 saturated carbocycles. The van der Waals surface area contributed by atoms with Crippen molar-refractivity contribution in [3.05, 3.63) is 0 Å². The molecule has 17 heavy (non-hydrogen) atoms. The summed E-state index contributed by atoms with van der Waals surface area (Å²) >= 11 is 0. The Hall–Kier alpha value is -0.120. The smallest absolute Gasteiger partial charge is 0.0112 e. The van der Waals surface area contributed by atoms with Crippen molar-refractivity contribution in [3.63, 3.8) is 0 Å². The van der Waals surface area contributed by atoms with E-state index in [9.17, 15) is 0 Å². The van der Waals surface area contributed by atoms with Gasteiger partial charge in [-0.05, 0) is 67.2 Å². The van der Waals surface area contributed by atoms with Gasteiger partial charge in [-0.25, -0.2) is 0 Å². The Labute approximate surface area is 108 Å². The van der Waals surface area contributed by atoms with Crippen LogP contribution in [0.2, 0.25) is 0 Å². The zero-order chi connectivity index (χ0) is 12.9. The van der Waals surface area contributed by atoms with Crippen LogP contribution in [0.1, 0.15) is 40.5 Å². The summed E-state index contributed by atoms with van der Waals surface area (Å²) in [5.41, 5.74) is 0.249. The number of rotatable bonds is 4. The highest BCUT2D eigenvalue weighted by Crippen LogP contribution is 2.09. The fourth-order valence-corrected chi connectivity index (χ4v) is 2.35. The number of hydrogen-bond donors (Lipinski definition) is 1. The van der Waals surface area contributed by atoms with E-state index in [0.717, 1.165) is 6.54 Å². The van der Waals surface area contributed by atoms with Gasteiger partial charge in [0.1, 0.15) is 0 Å². The third-order valence-electron chi connectivity index (χ3n) is 3.59. The van der Waals surface area contributed by atoms with Gasteiger partial charge in [-0.1, -0.05) is 0 Å². The average molecular weight is 241 g/mol. The lowest BCUT2D eigenvalue weighted by atomic mass is 10.1. The van der Waals surface area contributed by atoms with E-state index in [1.807, 2.05) is 0 Å². The van der Waals surface area contributed by atoms with E-state index in [4.69, 9.17) is 0 Å². The second-order valence-corrected chi connectivity index (χ2v) is 6.51. The van der Waals surface area contributed by atoms with Gasteiger partial charge in [0.15, 0.2) is 0 Å². The van der Waals surface area contributed by atoms with Gasteiger partial charge < -0.3 is 10.2 Å². The number of likely N-dealkylation sites (N-methyl/N-ethyl adjacent to an activating group) is 1. The minimum absolute atomic E-state index is 0.249. The van der Waals surface area contributed by atoms with Crippen LogP contribution in [0.5, 0.6) is 0 Å². The summed E-state index contributed by atoms with van der Waals surface area (Å²) in [6.07, 6.45) is 2.56. The van der Waals surface area contributed by atoms with Crippen LogP contribution in [0, 0.1) is 0 Å². The van der Waals surface area contributed by atoms with Crippen LogP contribution >= 0.6 is 0 Å². The fourth-order valence-electron chi connectivity index (χ4n) is 2.35. The molecule has 0 bridgehead atoms. The number of nitrogens with one attached hydrogen (secondary N) is 1. The second-order valence-electron chi connectivity index (χ2n) is 6.51. The first-order chi connectivity index (χ1) is 7.88. The van der Waals surface area contributed by atoms with Crippen LogP contribution in [0.25, 0.3) is 0 Å². The zero-order valence-corrected chi connectivity index (χ0v) is 12.4. The zero-order valence-electron chi connectivity index (χ0n) is 12.4. The molecule has 0 radical (unpaired) electrons. The fraction of sp³-hybridized carbons (Fsp3) is 1.00. The quantitative estimate of drug-likeness (QED) is 0.809. The van der Waals surface area contributed by atoms with Gasteiger partial charge in [-0.15, -0.1) is 0 Å². The predicted octanol–water partition coefficient (Wildman–Crippen LogP) is 1.79. The highest BCUT2D eigenvalue weighted by atomic mass is 15.2. The SMILES string of the molecule is CC(CCNC(C)(C)C)N1CCCN(C)CC1. The Bertz CT molecular complexity index is 210. The summed E-state index contributed by atoms with van der Waals surface area (Å²) in [6, 6.07) is 0.705. The lowest BCUT2D eigenvalue weighted by Gasteiger charge is -2.29. The molecule has 0 aromatic carbocycles. The molecule has 1 atom stereocenters. The van der Waals surface area contributed by atoms with Crippen LogP contribution in [0.3, 0.4) is 0 Å². The standard InChI is InChI=1S/C14H31N3/c1-13(7-8-15-14(2,3)4)17-10-6-9-16(5)11-12-17/h13,15H,6-12H2,1-5H3. The van der Waals surface area contributed by atoms with Crippen molar-refractivity contribution in [1.29, 1.82) is 0 Å². The first-order valence-electron chi connectivity index (χ1n) is 7.06. The van der Waals surface area contributed by atoms with Crippen molar-refractivity contribution < 1.29 is 0 Å². The minimum atomic E-state index is 0.249. The van der Waals surface area contributed by atoms with Gasteiger partial charge in [0.25, 0.3) is 0 Å². The van der Waals surface area contributed by atoms with Crippen LogP contribution in [-0.4, -0.2) is 61.2 Å². The Morgan fingerprint density at radius 3 is 2.47 bits per heavy atom. The van der Waals surface area contributed by atoms with E-state index in [1.165, 1.54) is 39.0 Å². The predicted molar refractivity (Wildman–Crippen MR) is 75.5 cm³/mol. The van der Waals surface area contributed by atoms with E-state index in [1.54, 1.807) is 0 Å². The van der Waals surface area contributed by atoms with E-state index in [0.29, 0.717) is 6.04 Å². The van der Waals surface area contributed by atoms with E-state index in [-0.39, 0.29) is 5.54 Å². The van der Waals surface area contributed by atoms with Crippen LogP contribution in [0.15, 0.2) is 0 Å². The Morgan fingerprint density at radius 1 is 1.12 bits per heavy atom. The summed E-state index contributed by atoms with van der Waals surface area (Å²) in [7, 11) is 2.23. The van der Waals surface area contributed by atoms with Crippen LogP contribution in [-0.2, 0) is 0 Å². The first-order valence-corrected chi connectivity index (χ1v) is 7.06. The molecule has 0 spiro atoms. The molecule has 102 valence electrons. The van der Waals surface area contributed by atoms with Crippen LogP contribution in [0.4, 0.5) is 0 Å². The van der Waals surface area contributed by atoms with E-state index in [2.05, 4.69) is 49.9 Å². The number of hydrogen-bond acceptors (Lipinski definition) is 3. The molecule has 0 aromatic heterocycles. The highest BCUT2D eigenvalue weighted by molar-refractivity contribution is 4.76. The molecule has 1 aliphatic rings.